The second-order valence-electron chi connectivity index (χ2n) is 5.52. The summed E-state index contributed by atoms with van der Waals surface area (Å²) in [6.07, 6.45) is 2.39. The Balaban J connectivity index is 1.60. The van der Waals surface area contributed by atoms with E-state index in [1.807, 2.05) is 0 Å². The zero-order valence-corrected chi connectivity index (χ0v) is 12.9. The SMILES string of the molecule is Cc1noc(Cl)c1CCC(=O)N[C@@H]1CCc2cc(F)ccc21. The lowest BCUT2D eigenvalue weighted by Crippen LogP contribution is -2.27. The maximum atomic E-state index is 13.2. The van der Waals surface area contributed by atoms with Gasteiger partial charge >= 0.3 is 0 Å². The maximum absolute atomic E-state index is 13.2. The molecule has 1 N–H and O–H groups in total. The molecule has 0 saturated carbocycles. The summed E-state index contributed by atoms with van der Waals surface area (Å²) in [7, 11) is 0. The summed E-state index contributed by atoms with van der Waals surface area (Å²) in [5.74, 6) is -0.290. The number of nitrogens with zero attached hydrogens (tertiary/aromatic N) is 1. The fourth-order valence-electron chi connectivity index (χ4n) is 2.88. The first kappa shape index (κ1) is 15.0. The lowest BCUT2D eigenvalue weighted by atomic mass is 10.1. The second-order valence-corrected chi connectivity index (χ2v) is 5.87. The van der Waals surface area contributed by atoms with Crippen molar-refractivity contribution in [3.63, 3.8) is 0 Å². The molecule has 1 aliphatic carbocycles. The molecule has 3 rings (SSSR count). The van der Waals surface area contributed by atoms with Gasteiger partial charge in [0.15, 0.2) is 0 Å². The molecule has 6 heteroatoms. The molecule has 0 bridgehead atoms. The van der Waals surface area contributed by atoms with Crippen molar-refractivity contribution in [1.82, 2.24) is 10.5 Å². The third kappa shape index (κ3) is 2.99. The average molecular weight is 323 g/mol. The lowest BCUT2D eigenvalue weighted by molar-refractivity contribution is -0.121. The van der Waals surface area contributed by atoms with Crippen LogP contribution in [0.25, 0.3) is 0 Å². The first-order valence-corrected chi connectivity index (χ1v) is 7.60. The summed E-state index contributed by atoms with van der Waals surface area (Å²) in [5.41, 5.74) is 3.46. The number of rotatable bonds is 4. The Bertz CT molecular complexity index is 695. The summed E-state index contributed by atoms with van der Waals surface area (Å²) < 4.78 is 18.1. The van der Waals surface area contributed by atoms with Crippen LogP contribution in [0.5, 0.6) is 0 Å². The van der Waals surface area contributed by atoms with Crippen LogP contribution < -0.4 is 5.32 Å². The van der Waals surface area contributed by atoms with Crippen molar-refractivity contribution < 1.29 is 13.7 Å². The van der Waals surface area contributed by atoms with Crippen molar-refractivity contribution in [2.45, 2.75) is 38.6 Å². The van der Waals surface area contributed by atoms with Crippen molar-refractivity contribution in [3.8, 4) is 0 Å². The Hall–Kier alpha value is -1.88. The van der Waals surface area contributed by atoms with Gasteiger partial charge in [-0.1, -0.05) is 11.2 Å². The number of aryl methyl sites for hydroxylation is 2. The van der Waals surface area contributed by atoms with Gasteiger partial charge in [0.25, 0.3) is 0 Å². The van der Waals surface area contributed by atoms with Gasteiger partial charge in [-0.25, -0.2) is 4.39 Å². The van der Waals surface area contributed by atoms with E-state index in [1.54, 1.807) is 19.1 Å². The molecule has 1 aliphatic rings. The zero-order chi connectivity index (χ0) is 15.7. The molecule has 4 nitrogen and oxygen atoms in total. The third-order valence-corrected chi connectivity index (χ3v) is 4.35. The molecule has 0 saturated heterocycles. The van der Waals surface area contributed by atoms with Crippen molar-refractivity contribution in [2.24, 2.45) is 0 Å². The molecule has 1 aromatic carbocycles. The number of amides is 1. The molecule has 0 aliphatic heterocycles. The smallest absolute Gasteiger partial charge is 0.229 e. The van der Waals surface area contributed by atoms with E-state index in [9.17, 15) is 9.18 Å². The van der Waals surface area contributed by atoms with Crippen LogP contribution in [0.3, 0.4) is 0 Å². The van der Waals surface area contributed by atoms with Gasteiger partial charge in [-0.05, 0) is 61.0 Å². The highest BCUT2D eigenvalue weighted by atomic mass is 35.5. The molecule has 0 radical (unpaired) electrons. The normalized spacial score (nSPS) is 16.6. The van der Waals surface area contributed by atoms with Crippen LogP contribution in [0.15, 0.2) is 22.7 Å². The topological polar surface area (TPSA) is 55.1 Å². The van der Waals surface area contributed by atoms with Crippen molar-refractivity contribution in [1.29, 1.82) is 0 Å². The molecule has 2 aromatic rings. The Labute approximate surface area is 132 Å². The van der Waals surface area contributed by atoms with E-state index in [1.165, 1.54) is 6.07 Å². The molecule has 1 aromatic heterocycles. The molecule has 0 unspecified atom stereocenters. The fraction of sp³-hybridized carbons (Fsp3) is 0.375. The van der Waals surface area contributed by atoms with Crippen LogP contribution >= 0.6 is 11.6 Å². The number of carbonyl (C=O) groups excluding carboxylic acids is 1. The maximum Gasteiger partial charge on any atom is 0.229 e. The van der Waals surface area contributed by atoms with Gasteiger partial charge in [0.2, 0.25) is 11.1 Å². The molecule has 1 atom stereocenters. The molecule has 22 heavy (non-hydrogen) atoms. The van der Waals surface area contributed by atoms with Crippen LogP contribution in [0.1, 0.15) is 41.3 Å². The molecular formula is C16H16ClFN2O2. The highest BCUT2D eigenvalue weighted by Gasteiger charge is 2.24. The number of hydrogen-bond acceptors (Lipinski definition) is 3. The Morgan fingerprint density at radius 3 is 3.09 bits per heavy atom. The van der Waals surface area contributed by atoms with E-state index in [2.05, 4.69) is 10.5 Å². The van der Waals surface area contributed by atoms with E-state index in [0.29, 0.717) is 18.5 Å². The summed E-state index contributed by atoms with van der Waals surface area (Å²) in [4.78, 5) is 12.1. The molecule has 0 spiro atoms. The first-order chi connectivity index (χ1) is 10.5. The minimum atomic E-state index is -0.233. The number of halogens is 2. The minimum Gasteiger partial charge on any atom is -0.349 e. The van der Waals surface area contributed by atoms with Crippen LogP contribution in [0.2, 0.25) is 5.22 Å². The molecule has 0 fully saturated rings. The van der Waals surface area contributed by atoms with Gasteiger partial charge in [-0.2, -0.15) is 0 Å². The highest BCUT2D eigenvalue weighted by molar-refractivity contribution is 6.29. The Morgan fingerprint density at radius 2 is 2.36 bits per heavy atom. The fourth-order valence-corrected chi connectivity index (χ4v) is 3.15. The van der Waals surface area contributed by atoms with Crippen LogP contribution in [0.4, 0.5) is 4.39 Å². The zero-order valence-electron chi connectivity index (χ0n) is 12.2. The lowest BCUT2D eigenvalue weighted by Gasteiger charge is -2.14. The Kier molecular flexibility index (Phi) is 4.16. The van der Waals surface area contributed by atoms with Gasteiger partial charge in [0.05, 0.1) is 11.7 Å². The average Bonchev–Trinajstić information content (AvgIpc) is 3.01. The van der Waals surface area contributed by atoms with Crippen molar-refractivity contribution in [3.05, 3.63) is 51.6 Å². The predicted molar refractivity (Wildman–Crippen MR) is 80.2 cm³/mol. The number of benzene rings is 1. The summed E-state index contributed by atoms with van der Waals surface area (Å²) in [6, 6.07) is 4.69. The summed E-state index contributed by atoms with van der Waals surface area (Å²) in [5, 5.41) is 7.00. The molecule has 1 amide bonds. The molecule has 116 valence electrons. The number of hydrogen-bond donors (Lipinski definition) is 1. The second kappa shape index (κ2) is 6.08. The van der Waals surface area contributed by atoms with Crippen LogP contribution in [-0.4, -0.2) is 11.1 Å². The van der Waals surface area contributed by atoms with Gasteiger partial charge in [0, 0.05) is 12.0 Å². The summed E-state index contributed by atoms with van der Waals surface area (Å²) >= 11 is 5.88. The van der Waals surface area contributed by atoms with E-state index < -0.39 is 0 Å². The Morgan fingerprint density at radius 1 is 1.55 bits per heavy atom. The summed E-state index contributed by atoms with van der Waals surface area (Å²) in [6.45, 7) is 1.80. The number of fused-ring (bicyclic) bond motifs is 1. The first-order valence-electron chi connectivity index (χ1n) is 7.23. The standard InChI is InChI=1S/C16H16ClFN2O2/c1-9-12(16(17)22-20-9)5-7-15(21)19-14-6-2-10-8-11(18)3-4-13(10)14/h3-4,8,14H,2,5-7H2,1H3,(H,19,21)/t14-/m1/s1. The molecular weight excluding hydrogens is 307 g/mol. The van der Waals surface area contributed by atoms with E-state index >= 15 is 0 Å². The van der Waals surface area contributed by atoms with Crippen molar-refractivity contribution >= 4 is 17.5 Å². The van der Waals surface area contributed by atoms with Gasteiger partial charge in [0.1, 0.15) is 5.82 Å². The van der Waals surface area contributed by atoms with Gasteiger partial charge in [-0.3, -0.25) is 4.79 Å². The quantitative estimate of drug-likeness (QED) is 0.937. The molecule has 1 heterocycles. The largest absolute Gasteiger partial charge is 0.349 e. The number of carbonyl (C=O) groups is 1. The van der Waals surface area contributed by atoms with E-state index in [4.69, 9.17) is 16.1 Å². The monoisotopic (exact) mass is 322 g/mol. The number of nitrogens with one attached hydrogen (secondary N) is 1. The van der Waals surface area contributed by atoms with Gasteiger partial charge < -0.3 is 9.84 Å². The van der Waals surface area contributed by atoms with Crippen molar-refractivity contribution in [2.75, 3.05) is 0 Å². The van der Waals surface area contributed by atoms with E-state index in [-0.39, 0.29) is 23.0 Å². The van der Waals surface area contributed by atoms with Gasteiger partial charge in [-0.15, -0.1) is 0 Å². The van der Waals surface area contributed by atoms with Crippen LogP contribution in [-0.2, 0) is 17.6 Å². The van der Waals surface area contributed by atoms with E-state index in [0.717, 1.165) is 29.5 Å². The minimum absolute atomic E-state index is 0.0397. The third-order valence-electron chi connectivity index (χ3n) is 4.06. The van der Waals surface area contributed by atoms with Crippen LogP contribution in [0, 0.1) is 12.7 Å². The number of aromatic nitrogens is 1. The predicted octanol–water partition coefficient (Wildman–Crippen LogP) is 3.51. The highest BCUT2D eigenvalue weighted by Crippen LogP contribution is 2.31.